The van der Waals surface area contributed by atoms with Gasteiger partial charge < -0.3 is 10.1 Å². The number of ether oxygens (including phenoxy) is 1. The Kier molecular flexibility index (Phi) is 7.53. The van der Waals surface area contributed by atoms with Crippen LogP contribution >= 0.6 is 22.9 Å². The maximum Gasteiger partial charge on any atom is 0.325 e. The highest BCUT2D eigenvalue weighted by atomic mass is 35.5. The molecule has 33 heavy (non-hydrogen) atoms. The molecule has 3 N–H and O–H groups in total. The fraction of sp³-hybridized carbons (Fsp3) is 0.100. The Morgan fingerprint density at radius 3 is 2.36 bits per heavy atom. The Bertz CT molecular complexity index is 1240. The molecule has 0 bridgehead atoms. The van der Waals surface area contributed by atoms with Crippen molar-refractivity contribution in [3.05, 3.63) is 74.1 Å². The number of rotatable bonds is 7. The first-order valence-electron chi connectivity index (χ1n) is 9.20. The van der Waals surface area contributed by atoms with Crippen LogP contribution in [0.5, 0.6) is 0 Å². The Labute approximate surface area is 194 Å². The molecular weight excluding hydrogens is 476 g/mol. The van der Waals surface area contributed by atoms with E-state index in [-0.39, 0.29) is 21.2 Å². The summed E-state index contributed by atoms with van der Waals surface area (Å²) in [6.45, 7) is -1.20. The molecule has 0 saturated carbocycles. The van der Waals surface area contributed by atoms with Gasteiger partial charge in [0.2, 0.25) is 0 Å². The molecule has 0 aliphatic carbocycles. The second kappa shape index (κ2) is 10.5. The number of amides is 3. The third-order valence-corrected chi connectivity index (χ3v) is 5.83. The van der Waals surface area contributed by atoms with E-state index >= 15 is 0 Å². The summed E-state index contributed by atoms with van der Waals surface area (Å²) in [5.74, 6) is -3.00. The molecular formula is C20H15ClN4O7S. The number of nitro benzene ring substituents is 1. The first-order chi connectivity index (χ1) is 15.8. The lowest BCUT2D eigenvalue weighted by molar-refractivity contribution is -0.384. The van der Waals surface area contributed by atoms with Gasteiger partial charge in [-0.05, 0) is 18.2 Å². The average Bonchev–Trinajstić information content (AvgIpc) is 3.16. The van der Waals surface area contributed by atoms with Gasteiger partial charge in [0.25, 0.3) is 23.4 Å². The Hall–Kier alpha value is -4.03. The number of hydrogen-bond donors (Lipinski definition) is 3. The number of esters is 1. The van der Waals surface area contributed by atoms with Crippen molar-refractivity contribution in [1.82, 2.24) is 16.2 Å². The summed E-state index contributed by atoms with van der Waals surface area (Å²) in [5.41, 5.74) is 3.99. The van der Waals surface area contributed by atoms with E-state index in [1.165, 1.54) is 23.5 Å². The lowest BCUT2D eigenvalue weighted by Gasteiger charge is -2.08. The van der Waals surface area contributed by atoms with Crippen LogP contribution in [0, 0.1) is 10.1 Å². The van der Waals surface area contributed by atoms with Crippen molar-refractivity contribution in [3.63, 3.8) is 0 Å². The van der Waals surface area contributed by atoms with Gasteiger partial charge in [0, 0.05) is 27.8 Å². The summed E-state index contributed by atoms with van der Waals surface area (Å²) in [4.78, 5) is 58.0. The number of nitrogens with zero attached hydrogens (tertiary/aromatic N) is 1. The van der Waals surface area contributed by atoms with Crippen molar-refractivity contribution in [2.45, 2.75) is 0 Å². The van der Waals surface area contributed by atoms with Crippen molar-refractivity contribution >= 4 is 62.4 Å². The van der Waals surface area contributed by atoms with Gasteiger partial charge in [0.15, 0.2) is 6.61 Å². The molecule has 13 heteroatoms. The summed E-state index contributed by atoms with van der Waals surface area (Å²) in [6.07, 6.45) is 0. The van der Waals surface area contributed by atoms with Crippen LogP contribution < -0.4 is 16.2 Å². The summed E-state index contributed by atoms with van der Waals surface area (Å²) in [5, 5.41) is 14.0. The predicted octanol–water partition coefficient (Wildman–Crippen LogP) is 2.20. The number of hydrazine groups is 1. The lowest BCUT2D eigenvalue weighted by Crippen LogP contribution is -2.44. The Morgan fingerprint density at radius 2 is 1.70 bits per heavy atom. The lowest BCUT2D eigenvalue weighted by atomic mass is 10.2. The van der Waals surface area contributed by atoms with Crippen LogP contribution in [0.1, 0.15) is 20.0 Å². The smallest absolute Gasteiger partial charge is 0.325 e. The summed E-state index contributed by atoms with van der Waals surface area (Å²) in [7, 11) is 0. The molecule has 0 aliphatic heterocycles. The normalized spacial score (nSPS) is 10.3. The van der Waals surface area contributed by atoms with Gasteiger partial charge in [-0.1, -0.05) is 29.8 Å². The van der Waals surface area contributed by atoms with Crippen LogP contribution in [0.3, 0.4) is 0 Å². The quantitative estimate of drug-likeness (QED) is 0.260. The van der Waals surface area contributed by atoms with Crippen LogP contribution in [0.15, 0.2) is 48.5 Å². The zero-order valence-electron chi connectivity index (χ0n) is 16.6. The first kappa shape index (κ1) is 23.6. The Balaban J connectivity index is 1.40. The summed E-state index contributed by atoms with van der Waals surface area (Å²) >= 11 is 7.39. The van der Waals surface area contributed by atoms with Gasteiger partial charge in [-0.15, -0.1) is 11.3 Å². The molecule has 0 atom stereocenters. The molecule has 170 valence electrons. The molecule has 1 heterocycles. The first-order valence-corrected chi connectivity index (χ1v) is 10.4. The van der Waals surface area contributed by atoms with E-state index in [9.17, 15) is 29.3 Å². The molecule has 0 unspecified atom stereocenters. The number of non-ortho nitro benzene ring substituents is 1. The van der Waals surface area contributed by atoms with Crippen LogP contribution in [-0.2, 0) is 14.3 Å². The van der Waals surface area contributed by atoms with E-state index in [0.29, 0.717) is 0 Å². The Morgan fingerprint density at radius 1 is 1.00 bits per heavy atom. The molecule has 3 aromatic rings. The topological polar surface area (TPSA) is 157 Å². The van der Waals surface area contributed by atoms with E-state index in [2.05, 4.69) is 10.7 Å². The van der Waals surface area contributed by atoms with Gasteiger partial charge in [-0.2, -0.15) is 0 Å². The highest BCUT2D eigenvalue weighted by Gasteiger charge is 2.18. The van der Waals surface area contributed by atoms with Crippen LogP contribution in [0.2, 0.25) is 5.02 Å². The monoisotopic (exact) mass is 490 g/mol. The minimum absolute atomic E-state index is 0.0699. The second-order valence-corrected chi connectivity index (χ2v) is 7.82. The zero-order chi connectivity index (χ0) is 24.0. The van der Waals surface area contributed by atoms with Gasteiger partial charge in [0.05, 0.1) is 9.95 Å². The van der Waals surface area contributed by atoms with Gasteiger partial charge >= 0.3 is 5.97 Å². The van der Waals surface area contributed by atoms with E-state index < -0.39 is 41.8 Å². The van der Waals surface area contributed by atoms with Crippen molar-refractivity contribution in [3.8, 4) is 0 Å². The van der Waals surface area contributed by atoms with Gasteiger partial charge in [0.1, 0.15) is 11.4 Å². The molecule has 1 aromatic heterocycles. The maximum atomic E-state index is 12.3. The number of carbonyl (C=O) groups is 4. The molecule has 0 radical (unpaired) electrons. The number of halogens is 1. The van der Waals surface area contributed by atoms with Crippen LogP contribution in [0.25, 0.3) is 10.1 Å². The zero-order valence-corrected chi connectivity index (χ0v) is 18.2. The second-order valence-electron chi connectivity index (χ2n) is 6.39. The molecule has 11 nitrogen and oxygen atoms in total. The van der Waals surface area contributed by atoms with Crippen LogP contribution in [-0.4, -0.2) is 41.8 Å². The van der Waals surface area contributed by atoms with E-state index in [4.69, 9.17) is 16.3 Å². The molecule has 2 aromatic carbocycles. The van der Waals surface area contributed by atoms with E-state index in [1.807, 2.05) is 17.6 Å². The average molecular weight is 491 g/mol. The molecule has 3 amide bonds. The molecule has 0 aliphatic rings. The maximum absolute atomic E-state index is 12.3. The van der Waals surface area contributed by atoms with Gasteiger partial charge in [-0.25, -0.2) is 0 Å². The number of thiophene rings is 1. The third kappa shape index (κ3) is 6.02. The van der Waals surface area contributed by atoms with Crippen LogP contribution in [0.4, 0.5) is 5.69 Å². The number of nitro groups is 1. The van der Waals surface area contributed by atoms with Crippen molar-refractivity contribution in [1.29, 1.82) is 0 Å². The van der Waals surface area contributed by atoms with Gasteiger partial charge in [-0.3, -0.25) is 40.1 Å². The molecule has 0 spiro atoms. The highest BCUT2D eigenvalue weighted by molar-refractivity contribution is 7.21. The molecule has 0 fully saturated rings. The number of hydrogen-bond acceptors (Lipinski definition) is 8. The standard InChI is InChI=1S/C20H15ClN4O7S/c21-17-13-3-1-2-4-14(13)33-18(17)20(29)22-9-16(27)32-10-15(26)23-24-19(28)11-5-7-12(8-6-11)25(30)31/h1-8H,9-10H2,(H,22,29)(H,23,26)(H,24,28). The largest absolute Gasteiger partial charge is 0.454 e. The number of benzene rings is 2. The molecule has 0 saturated heterocycles. The minimum atomic E-state index is -0.877. The van der Waals surface area contributed by atoms with E-state index in [0.717, 1.165) is 22.2 Å². The fourth-order valence-electron chi connectivity index (χ4n) is 2.56. The number of nitrogens with one attached hydrogen (secondary N) is 3. The fourth-order valence-corrected chi connectivity index (χ4v) is 3.99. The predicted molar refractivity (Wildman–Crippen MR) is 119 cm³/mol. The highest BCUT2D eigenvalue weighted by Crippen LogP contribution is 2.34. The summed E-state index contributed by atoms with van der Waals surface area (Å²) < 4.78 is 5.56. The SMILES string of the molecule is O=C(COC(=O)CNC(=O)c1sc2ccccc2c1Cl)NNC(=O)c1ccc([N+](=O)[O-])cc1. The summed E-state index contributed by atoms with van der Waals surface area (Å²) in [6, 6.07) is 11.9. The number of carbonyl (C=O) groups excluding carboxylic acids is 4. The number of fused-ring (bicyclic) bond motifs is 1. The van der Waals surface area contributed by atoms with Crippen molar-refractivity contribution in [2.75, 3.05) is 13.2 Å². The van der Waals surface area contributed by atoms with E-state index in [1.54, 1.807) is 12.1 Å². The van der Waals surface area contributed by atoms with Crippen molar-refractivity contribution < 1.29 is 28.8 Å². The van der Waals surface area contributed by atoms with Crippen molar-refractivity contribution in [2.24, 2.45) is 0 Å². The third-order valence-electron chi connectivity index (χ3n) is 4.15. The minimum Gasteiger partial charge on any atom is -0.454 e. The molecule has 3 rings (SSSR count).